The van der Waals surface area contributed by atoms with Crippen LogP contribution in [0.25, 0.3) is 0 Å². The summed E-state index contributed by atoms with van der Waals surface area (Å²) in [6, 6.07) is 2.48. The number of carbonyl (C=O) groups is 1. The van der Waals surface area contributed by atoms with Gasteiger partial charge in [0.15, 0.2) is 0 Å². The first-order valence-corrected chi connectivity index (χ1v) is 9.90. The van der Waals surface area contributed by atoms with Crippen molar-refractivity contribution in [2.75, 3.05) is 18.0 Å². The molecule has 2 fully saturated rings. The quantitative estimate of drug-likeness (QED) is 0.818. The number of amides is 1. The molecular formula is C18H21ClN4OS. The van der Waals surface area contributed by atoms with Crippen LogP contribution in [-0.4, -0.2) is 39.9 Å². The van der Waals surface area contributed by atoms with Gasteiger partial charge in [-0.2, -0.15) is 11.3 Å². The molecule has 1 spiro atoms. The summed E-state index contributed by atoms with van der Waals surface area (Å²) in [6.07, 6.45) is 6.61. The maximum Gasteiger partial charge on any atom is 0.220 e. The predicted octanol–water partition coefficient (Wildman–Crippen LogP) is 3.60. The molecule has 4 rings (SSSR count). The molecule has 1 amide bonds. The van der Waals surface area contributed by atoms with Crippen molar-refractivity contribution in [1.82, 2.24) is 14.9 Å². The highest BCUT2D eigenvalue weighted by atomic mass is 35.5. The van der Waals surface area contributed by atoms with E-state index in [4.69, 9.17) is 11.6 Å². The molecule has 0 bridgehead atoms. The molecule has 2 aromatic heterocycles. The van der Waals surface area contributed by atoms with Gasteiger partial charge in [0.25, 0.3) is 0 Å². The zero-order valence-electron chi connectivity index (χ0n) is 14.2. The van der Waals surface area contributed by atoms with Gasteiger partial charge in [0.1, 0.15) is 11.0 Å². The van der Waals surface area contributed by atoms with Crippen LogP contribution in [0.15, 0.2) is 29.2 Å². The van der Waals surface area contributed by atoms with E-state index in [9.17, 15) is 4.79 Å². The van der Waals surface area contributed by atoms with Crippen LogP contribution in [0.3, 0.4) is 0 Å². The Hall–Kier alpha value is -1.66. The molecule has 2 aliphatic rings. The molecule has 2 aromatic rings. The van der Waals surface area contributed by atoms with Crippen molar-refractivity contribution in [2.24, 2.45) is 5.41 Å². The first-order valence-electron chi connectivity index (χ1n) is 8.58. The van der Waals surface area contributed by atoms with E-state index >= 15 is 0 Å². The van der Waals surface area contributed by atoms with Gasteiger partial charge in [0.2, 0.25) is 5.91 Å². The lowest BCUT2D eigenvalue weighted by Gasteiger charge is -2.35. The maximum atomic E-state index is 12.2. The average Bonchev–Trinajstić information content (AvgIpc) is 3.04. The molecule has 7 heteroatoms. The summed E-state index contributed by atoms with van der Waals surface area (Å²) in [5, 5.41) is 4.63. The standard InChI is InChI=1S/C18H21ClN4OS/c1-13(24)23(11-14-2-7-25-12-14)15-8-18(15)3-5-22(6-4-18)17-10-20-9-16(19)21-17/h2,7,9-10,12,15H,3-6,8,11H2,1H3. The highest BCUT2D eigenvalue weighted by Crippen LogP contribution is 2.57. The maximum absolute atomic E-state index is 12.2. The van der Waals surface area contributed by atoms with Crippen molar-refractivity contribution in [2.45, 2.75) is 38.8 Å². The second kappa shape index (κ2) is 6.57. The van der Waals surface area contributed by atoms with Crippen molar-refractivity contribution < 1.29 is 4.79 Å². The van der Waals surface area contributed by atoms with E-state index in [1.807, 2.05) is 0 Å². The first kappa shape index (κ1) is 16.8. The van der Waals surface area contributed by atoms with E-state index in [2.05, 4.69) is 36.6 Å². The number of anilines is 1. The van der Waals surface area contributed by atoms with Gasteiger partial charge in [-0.25, -0.2) is 4.98 Å². The fourth-order valence-electron chi connectivity index (χ4n) is 3.99. The lowest BCUT2D eigenvalue weighted by atomic mass is 9.92. The molecule has 0 radical (unpaired) electrons. The Morgan fingerprint density at radius 2 is 2.24 bits per heavy atom. The van der Waals surface area contributed by atoms with Gasteiger partial charge in [0.05, 0.1) is 12.4 Å². The average molecular weight is 377 g/mol. The third-order valence-electron chi connectivity index (χ3n) is 5.54. The van der Waals surface area contributed by atoms with Crippen LogP contribution in [0.5, 0.6) is 0 Å². The largest absolute Gasteiger partial charge is 0.355 e. The van der Waals surface area contributed by atoms with Crippen LogP contribution in [0.4, 0.5) is 5.82 Å². The molecule has 1 saturated heterocycles. The molecule has 0 N–H and O–H groups in total. The number of nitrogens with zero attached hydrogens (tertiary/aromatic N) is 4. The first-order chi connectivity index (χ1) is 12.1. The van der Waals surface area contributed by atoms with Crippen molar-refractivity contribution >= 4 is 34.7 Å². The molecule has 1 aliphatic heterocycles. The van der Waals surface area contributed by atoms with Gasteiger partial charge in [-0.05, 0) is 47.1 Å². The van der Waals surface area contributed by atoms with Gasteiger partial charge >= 0.3 is 0 Å². The smallest absolute Gasteiger partial charge is 0.220 e. The van der Waals surface area contributed by atoms with Crippen LogP contribution in [0.1, 0.15) is 31.7 Å². The lowest BCUT2D eigenvalue weighted by molar-refractivity contribution is -0.130. The Balaban J connectivity index is 1.41. The lowest BCUT2D eigenvalue weighted by Crippen LogP contribution is -2.40. The number of thiophene rings is 1. The van der Waals surface area contributed by atoms with Crippen LogP contribution in [-0.2, 0) is 11.3 Å². The molecule has 5 nitrogen and oxygen atoms in total. The highest BCUT2D eigenvalue weighted by molar-refractivity contribution is 7.07. The Morgan fingerprint density at radius 1 is 1.44 bits per heavy atom. The number of halogens is 1. The summed E-state index contributed by atoms with van der Waals surface area (Å²) in [6.45, 7) is 4.30. The van der Waals surface area contributed by atoms with E-state index in [-0.39, 0.29) is 11.3 Å². The number of aromatic nitrogens is 2. The Kier molecular flexibility index (Phi) is 4.41. The second-order valence-electron chi connectivity index (χ2n) is 7.05. The third-order valence-corrected chi connectivity index (χ3v) is 6.45. The van der Waals surface area contributed by atoms with Crippen LogP contribution in [0.2, 0.25) is 5.15 Å². The fourth-order valence-corrected chi connectivity index (χ4v) is 4.79. The van der Waals surface area contributed by atoms with E-state index in [1.54, 1.807) is 30.7 Å². The van der Waals surface area contributed by atoms with E-state index in [0.717, 1.165) is 44.7 Å². The zero-order chi connectivity index (χ0) is 17.4. The number of carbonyl (C=O) groups excluding carboxylic acids is 1. The minimum absolute atomic E-state index is 0.177. The Bertz CT molecular complexity index is 758. The minimum atomic E-state index is 0.177. The molecule has 3 heterocycles. The SMILES string of the molecule is CC(=O)N(Cc1ccsc1)C1CC12CCN(c1cncc(Cl)n1)CC2. The normalized spacial score (nSPS) is 21.4. The monoisotopic (exact) mass is 376 g/mol. The van der Waals surface area contributed by atoms with Crippen LogP contribution in [0, 0.1) is 5.41 Å². The summed E-state index contributed by atoms with van der Waals surface area (Å²) >= 11 is 7.64. The minimum Gasteiger partial charge on any atom is -0.355 e. The van der Waals surface area contributed by atoms with Crippen LogP contribution < -0.4 is 4.90 Å². The summed E-state index contributed by atoms with van der Waals surface area (Å²) in [5.74, 6) is 1.03. The van der Waals surface area contributed by atoms with E-state index in [0.29, 0.717) is 11.2 Å². The topological polar surface area (TPSA) is 49.3 Å². The van der Waals surface area contributed by atoms with Crippen molar-refractivity contribution in [3.8, 4) is 0 Å². The van der Waals surface area contributed by atoms with Gasteiger partial charge in [-0.1, -0.05) is 11.6 Å². The second-order valence-corrected chi connectivity index (χ2v) is 8.22. The summed E-state index contributed by atoms with van der Waals surface area (Å²) in [7, 11) is 0. The Labute approximate surface area is 156 Å². The van der Waals surface area contributed by atoms with E-state index in [1.165, 1.54) is 5.56 Å². The zero-order valence-corrected chi connectivity index (χ0v) is 15.8. The molecular weight excluding hydrogens is 356 g/mol. The molecule has 132 valence electrons. The summed E-state index contributed by atoms with van der Waals surface area (Å²) in [4.78, 5) is 25.0. The summed E-state index contributed by atoms with van der Waals surface area (Å²) in [5.41, 5.74) is 1.51. The van der Waals surface area contributed by atoms with Gasteiger partial charge < -0.3 is 9.80 Å². The molecule has 1 unspecified atom stereocenters. The molecule has 1 aliphatic carbocycles. The van der Waals surface area contributed by atoms with Gasteiger partial charge in [0, 0.05) is 32.6 Å². The highest BCUT2D eigenvalue weighted by Gasteiger charge is 2.58. The number of rotatable bonds is 4. The number of hydrogen-bond acceptors (Lipinski definition) is 5. The molecule has 1 saturated carbocycles. The van der Waals surface area contributed by atoms with Gasteiger partial charge in [-0.15, -0.1) is 0 Å². The van der Waals surface area contributed by atoms with E-state index < -0.39 is 0 Å². The fraction of sp³-hybridized carbons (Fsp3) is 0.500. The van der Waals surface area contributed by atoms with Gasteiger partial charge in [-0.3, -0.25) is 9.78 Å². The molecule has 0 aromatic carbocycles. The number of hydrogen-bond donors (Lipinski definition) is 0. The predicted molar refractivity (Wildman–Crippen MR) is 99.9 cm³/mol. The summed E-state index contributed by atoms with van der Waals surface area (Å²) < 4.78 is 0. The Morgan fingerprint density at radius 3 is 2.88 bits per heavy atom. The van der Waals surface area contributed by atoms with Crippen molar-refractivity contribution in [3.63, 3.8) is 0 Å². The van der Waals surface area contributed by atoms with Crippen molar-refractivity contribution in [1.29, 1.82) is 0 Å². The third kappa shape index (κ3) is 3.37. The van der Waals surface area contributed by atoms with Crippen LogP contribution >= 0.6 is 22.9 Å². The molecule has 1 atom stereocenters. The van der Waals surface area contributed by atoms with Crippen molar-refractivity contribution in [3.05, 3.63) is 39.9 Å². The molecule has 25 heavy (non-hydrogen) atoms. The number of piperidine rings is 1.